The Morgan fingerprint density at radius 1 is 1.19 bits per heavy atom. The van der Waals surface area contributed by atoms with Gasteiger partial charge >= 0.3 is 6.03 Å². The predicted molar refractivity (Wildman–Crippen MR) is 132 cm³/mol. The quantitative estimate of drug-likeness (QED) is 0.331. The second-order valence-corrected chi connectivity index (χ2v) is 8.88. The van der Waals surface area contributed by atoms with Gasteiger partial charge in [0.2, 0.25) is 5.95 Å². The van der Waals surface area contributed by atoms with Crippen molar-refractivity contribution in [3.05, 3.63) is 52.0 Å². The normalized spacial score (nSPS) is 15.5. The van der Waals surface area contributed by atoms with Crippen LogP contribution in [0.5, 0.6) is 0 Å². The van der Waals surface area contributed by atoms with Gasteiger partial charge < -0.3 is 26.3 Å². The minimum atomic E-state index is -0.246. The number of nitrogens with one attached hydrogen (secondary N) is 5. The number of hydrogen-bond acceptors (Lipinski definition) is 4. The molecule has 2 amide bonds. The Morgan fingerprint density at radius 2 is 2.00 bits per heavy atom. The first-order chi connectivity index (χ1) is 15.5. The van der Waals surface area contributed by atoms with E-state index >= 15 is 0 Å². The Hall–Kier alpha value is -2.48. The lowest BCUT2D eigenvalue weighted by atomic mass is 9.86. The number of amides is 2. The minimum absolute atomic E-state index is 0.176. The number of rotatable bonds is 7. The lowest BCUT2D eigenvalue weighted by Gasteiger charge is -2.31. The molecular weight excluding hydrogens is 447 g/mol. The topological polar surface area (TPSA) is 93.9 Å². The number of halogens is 2. The number of piperidine rings is 1. The second kappa shape index (κ2) is 10.4. The van der Waals surface area contributed by atoms with Gasteiger partial charge in [-0.3, -0.25) is 0 Å². The third-order valence-corrected chi connectivity index (χ3v) is 6.55. The first kappa shape index (κ1) is 22.7. The van der Waals surface area contributed by atoms with E-state index in [-0.39, 0.29) is 12.1 Å². The first-order valence-corrected chi connectivity index (χ1v) is 11.7. The largest absolute Gasteiger partial charge is 0.352 e. The van der Waals surface area contributed by atoms with Crippen LogP contribution in [0.4, 0.5) is 16.4 Å². The molecule has 3 aromatic rings. The maximum atomic E-state index is 12.0. The maximum absolute atomic E-state index is 12.0. The molecule has 0 bridgehead atoms. The number of para-hydroxylation sites is 1. The molecule has 1 aliphatic heterocycles. The van der Waals surface area contributed by atoms with Gasteiger partial charge in [0.05, 0.1) is 21.2 Å². The summed E-state index contributed by atoms with van der Waals surface area (Å²) in [5.74, 6) is 1.18. The molecule has 0 saturated carbocycles. The van der Waals surface area contributed by atoms with E-state index in [9.17, 15) is 4.79 Å². The SMILES string of the molecule is CCNC(=O)Nc1cccc2[nH]c(NC(Cc3ccc(Cl)c(Cl)c3)C3CCNCC3)nc12. The maximum Gasteiger partial charge on any atom is 0.319 e. The highest BCUT2D eigenvalue weighted by molar-refractivity contribution is 6.42. The first-order valence-electron chi connectivity index (χ1n) is 11.0. The van der Waals surface area contributed by atoms with E-state index in [2.05, 4.69) is 26.3 Å². The van der Waals surface area contributed by atoms with Gasteiger partial charge in [0, 0.05) is 12.6 Å². The summed E-state index contributed by atoms with van der Waals surface area (Å²) in [7, 11) is 0. The zero-order valence-corrected chi connectivity index (χ0v) is 19.5. The highest BCUT2D eigenvalue weighted by Crippen LogP contribution is 2.28. The third kappa shape index (κ3) is 5.46. The molecule has 1 fully saturated rings. The summed E-state index contributed by atoms with van der Waals surface area (Å²) in [6.07, 6.45) is 2.98. The third-order valence-electron chi connectivity index (χ3n) is 5.81. The number of hydrogen-bond donors (Lipinski definition) is 5. The summed E-state index contributed by atoms with van der Waals surface area (Å²) in [5.41, 5.74) is 3.38. The molecule has 9 heteroatoms. The number of anilines is 2. The number of fused-ring (bicyclic) bond motifs is 1. The van der Waals surface area contributed by atoms with Crippen LogP contribution in [0.3, 0.4) is 0 Å². The Morgan fingerprint density at radius 3 is 2.75 bits per heavy atom. The van der Waals surface area contributed by atoms with Gasteiger partial charge in [-0.05, 0) is 75.0 Å². The number of carbonyl (C=O) groups is 1. The van der Waals surface area contributed by atoms with Crippen molar-refractivity contribution in [3.63, 3.8) is 0 Å². The van der Waals surface area contributed by atoms with Crippen molar-refractivity contribution in [2.24, 2.45) is 5.92 Å². The smallest absolute Gasteiger partial charge is 0.319 e. The van der Waals surface area contributed by atoms with Crippen LogP contribution in [0.1, 0.15) is 25.3 Å². The van der Waals surface area contributed by atoms with Crippen molar-refractivity contribution in [1.82, 2.24) is 20.6 Å². The van der Waals surface area contributed by atoms with Crippen LogP contribution in [-0.4, -0.2) is 41.7 Å². The molecule has 4 rings (SSSR count). The monoisotopic (exact) mass is 474 g/mol. The van der Waals surface area contributed by atoms with Crippen LogP contribution < -0.4 is 21.3 Å². The van der Waals surface area contributed by atoms with Crippen LogP contribution in [0.15, 0.2) is 36.4 Å². The van der Waals surface area contributed by atoms with E-state index in [1.165, 1.54) is 0 Å². The fourth-order valence-corrected chi connectivity index (χ4v) is 4.53. The lowest BCUT2D eigenvalue weighted by molar-refractivity contribution is 0.252. The summed E-state index contributed by atoms with van der Waals surface area (Å²) >= 11 is 12.4. The zero-order chi connectivity index (χ0) is 22.5. The Labute approximate surface area is 197 Å². The predicted octanol–water partition coefficient (Wildman–Crippen LogP) is 5.03. The van der Waals surface area contributed by atoms with Crippen LogP contribution in [-0.2, 0) is 6.42 Å². The summed E-state index contributed by atoms with van der Waals surface area (Å²) in [5, 5.41) is 13.8. The molecule has 5 N–H and O–H groups in total. The van der Waals surface area contributed by atoms with E-state index < -0.39 is 0 Å². The number of carbonyl (C=O) groups excluding carboxylic acids is 1. The van der Waals surface area contributed by atoms with E-state index in [1.54, 1.807) is 0 Å². The summed E-state index contributed by atoms with van der Waals surface area (Å²) in [6, 6.07) is 11.4. The van der Waals surface area contributed by atoms with Gasteiger partial charge in [0.15, 0.2) is 0 Å². The summed E-state index contributed by atoms with van der Waals surface area (Å²) < 4.78 is 0. The van der Waals surface area contributed by atoms with Crippen LogP contribution in [0.2, 0.25) is 10.0 Å². The van der Waals surface area contributed by atoms with Crippen LogP contribution >= 0.6 is 23.2 Å². The van der Waals surface area contributed by atoms with Gasteiger partial charge in [-0.2, -0.15) is 0 Å². The van der Waals surface area contributed by atoms with Crippen molar-refractivity contribution in [2.45, 2.75) is 32.2 Å². The fraction of sp³-hybridized carbons (Fsp3) is 0.391. The van der Waals surface area contributed by atoms with E-state index in [0.29, 0.717) is 34.1 Å². The van der Waals surface area contributed by atoms with Crippen molar-refractivity contribution < 1.29 is 4.79 Å². The van der Waals surface area contributed by atoms with Gasteiger partial charge in [-0.15, -0.1) is 0 Å². The fourth-order valence-electron chi connectivity index (χ4n) is 4.21. The van der Waals surface area contributed by atoms with Gasteiger partial charge in [0.25, 0.3) is 0 Å². The van der Waals surface area contributed by atoms with Gasteiger partial charge in [-0.1, -0.05) is 35.3 Å². The summed E-state index contributed by atoms with van der Waals surface area (Å²) in [4.78, 5) is 20.1. The highest BCUT2D eigenvalue weighted by atomic mass is 35.5. The number of benzene rings is 2. The van der Waals surface area contributed by atoms with Crippen molar-refractivity contribution in [3.8, 4) is 0 Å². The molecule has 170 valence electrons. The van der Waals surface area contributed by atoms with Crippen molar-refractivity contribution in [1.29, 1.82) is 0 Å². The Kier molecular flexibility index (Phi) is 7.40. The molecule has 1 saturated heterocycles. The van der Waals surface area contributed by atoms with Crippen LogP contribution in [0.25, 0.3) is 11.0 Å². The lowest BCUT2D eigenvalue weighted by Crippen LogP contribution is -2.39. The van der Waals surface area contributed by atoms with Crippen molar-refractivity contribution in [2.75, 3.05) is 30.3 Å². The minimum Gasteiger partial charge on any atom is -0.352 e. The Bertz CT molecular complexity index is 1080. The average Bonchev–Trinajstić information content (AvgIpc) is 3.20. The molecule has 0 aliphatic carbocycles. The van der Waals surface area contributed by atoms with Gasteiger partial charge in [-0.25, -0.2) is 9.78 Å². The molecule has 32 heavy (non-hydrogen) atoms. The van der Waals surface area contributed by atoms with E-state index in [4.69, 9.17) is 28.2 Å². The number of urea groups is 1. The molecule has 2 aromatic carbocycles. The van der Waals surface area contributed by atoms with E-state index in [1.807, 2.05) is 43.3 Å². The number of nitrogens with zero attached hydrogens (tertiary/aromatic N) is 1. The molecule has 0 spiro atoms. The zero-order valence-electron chi connectivity index (χ0n) is 18.0. The number of aromatic amines is 1. The number of H-pyrrole nitrogens is 1. The molecule has 1 unspecified atom stereocenters. The van der Waals surface area contributed by atoms with Crippen LogP contribution in [0, 0.1) is 5.92 Å². The molecule has 1 aliphatic rings. The van der Waals surface area contributed by atoms with E-state index in [0.717, 1.165) is 48.9 Å². The molecule has 2 heterocycles. The van der Waals surface area contributed by atoms with Crippen molar-refractivity contribution >= 4 is 51.9 Å². The number of aromatic nitrogens is 2. The standard InChI is InChI=1S/C23H28Cl2N6O/c1-2-27-23(32)30-19-5-3-4-18-21(19)31-22(28-18)29-20(15-8-10-26-11-9-15)13-14-6-7-16(24)17(25)12-14/h3-7,12,15,20,26H,2,8-11,13H2,1H3,(H2,27,30,32)(H2,28,29,31). The average molecular weight is 475 g/mol. The Balaban J connectivity index is 1.58. The highest BCUT2D eigenvalue weighted by Gasteiger charge is 2.25. The molecule has 0 radical (unpaired) electrons. The molecule has 1 atom stereocenters. The molecular formula is C23H28Cl2N6O. The number of imidazole rings is 1. The second-order valence-electron chi connectivity index (χ2n) is 8.06. The molecule has 7 nitrogen and oxygen atoms in total. The molecule has 1 aromatic heterocycles. The van der Waals surface area contributed by atoms with Gasteiger partial charge in [0.1, 0.15) is 5.52 Å². The summed E-state index contributed by atoms with van der Waals surface area (Å²) in [6.45, 7) is 4.45.